The Morgan fingerprint density at radius 2 is 1.57 bits per heavy atom. The number of nitrogens with zero attached hydrogens (tertiary/aromatic N) is 2. The molecule has 230 valence electrons. The second kappa shape index (κ2) is 14.7. The third-order valence-corrected chi connectivity index (χ3v) is 7.02. The number of aliphatic hydroxyl groups excluding tert-OH is 2. The standard InChI is InChI=1S/C34H35F2N3O5/c1-21(2)39-29(16-15-27(40)18-28(41)19-30(42)44-3)31(22-7-11-24(35)12-8-22)32(23-9-13-25(36)14-10-23)33(39)34(43)38-20-26-6-4-5-17-37-26/h4-17,21,27-28,40-41H,18-20H2,1-3H3,(H,38,43). The molecular weight excluding hydrogens is 568 g/mol. The van der Waals surface area contributed by atoms with E-state index in [1.54, 1.807) is 53.2 Å². The summed E-state index contributed by atoms with van der Waals surface area (Å²) in [6.07, 6.45) is 2.02. The summed E-state index contributed by atoms with van der Waals surface area (Å²) >= 11 is 0. The van der Waals surface area contributed by atoms with E-state index < -0.39 is 35.7 Å². The van der Waals surface area contributed by atoms with E-state index in [0.717, 1.165) is 0 Å². The number of rotatable bonds is 12. The molecule has 2 aromatic heterocycles. The Labute approximate surface area is 254 Å². The van der Waals surface area contributed by atoms with Crippen molar-refractivity contribution in [2.45, 2.75) is 51.5 Å². The Bertz CT molecular complexity index is 1600. The van der Waals surface area contributed by atoms with Crippen LogP contribution in [0.1, 0.15) is 54.6 Å². The van der Waals surface area contributed by atoms with E-state index in [1.807, 2.05) is 19.9 Å². The van der Waals surface area contributed by atoms with Crippen molar-refractivity contribution < 1.29 is 33.3 Å². The number of nitrogens with one attached hydrogen (secondary N) is 1. The predicted molar refractivity (Wildman–Crippen MR) is 163 cm³/mol. The van der Waals surface area contributed by atoms with E-state index in [9.17, 15) is 28.6 Å². The molecule has 0 aliphatic rings. The van der Waals surface area contributed by atoms with Gasteiger partial charge in [-0.05, 0) is 67.4 Å². The van der Waals surface area contributed by atoms with Crippen LogP contribution in [-0.4, -0.2) is 51.0 Å². The number of carbonyl (C=O) groups is 2. The summed E-state index contributed by atoms with van der Waals surface area (Å²) in [6.45, 7) is 3.94. The lowest BCUT2D eigenvalue weighted by atomic mass is 9.94. The Morgan fingerprint density at radius 1 is 0.955 bits per heavy atom. The van der Waals surface area contributed by atoms with Gasteiger partial charge in [-0.3, -0.25) is 14.6 Å². The van der Waals surface area contributed by atoms with Crippen LogP contribution in [0.25, 0.3) is 28.3 Å². The number of methoxy groups -OCH3 is 1. The smallest absolute Gasteiger partial charge is 0.308 e. The maximum atomic E-state index is 14.0. The first kappa shape index (κ1) is 32.2. The molecule has 0 spiro atoms. The van der Waals surface area contributed by atoms with E-state index in [2.05, 4.69) is 15.0 Å². The molecule has 0 aliphatic heterocycles. The van der Waals surface area contributed by atoms with Crippen molar-refractivity contribution in [2.75, 3.05) is 7.11 Å². The van der Waals surface area contributed by atoms with Gasteiger partial charge in [0.05, 0.1) is 38.0 Å². The molecule has 0 fully saturated rings. The van der Waals surface area contributed by atoms with Crippen LogP contribution in [-0.2, 0) is 16.1 Å². The number of hydrogen-bond acceptors (Lipinski definition) is 6. The number of esters is 1. The fourth-order valence-electron chi connectivity index (χ4n) is 5.01. The van der Waals surface area contributed by atoms with E-state index in [4.69, 9.17) is 0 Å². The van der Waals surface area contributed by atoms with Crippen molar-refractivity contribution >= 4 is 18.0 Å². The zero-order valence-corrected chi connectivity index (χ0v) is 24.7. The van der Waals surface area contributed by atoms with Gasteiger partial charge in [-0.25, -0.2) is 8.78 Å². The monoisotopic (exact) mass is 603 g/mol. The van der Waals surface area contributed by atoms with Crippen LogP contribution in [0, 0.1) is 11.6 Å². The van der Waals surface area contributed by atoms with Crippen molar-refractivity contribution in [3.8, 4) is 22.3 Å². The maximum Gasteiger partial charge on any atom is 0.308 e. The summed E-state index contributed by atoms with van der Waals surface area (Å²) in [7, 11) is 1.21. The highest BCUT2D eigenvalue weighted by Crippen LogP contribution is 2.42. The Kier molecular flexibility index (Phi) is 10.8. The SMILES string of the molecule is COC(=O)CC(O)CC(O)C=Cc1c(-c2ccc(F)cc2)c(-c2ccc(F)cc2)c(C(=O)NCc2ccccn2)n1C(C)C. The fraction of sp³-hybridized carbons (Fsp3) is 0.265. The first-order chi connectivity index (χ1) is 21.1. The van der Waals surface area contributed by atoms with Gasteiger partial charge in [-0.2, -0.15) is 0 Å². The van der Waals surface area contributed by atoms with Crippen LogP contribution in [0.3, 0.4) is 0 Å². The van der Waals surface area contributed by atoms with Gasteiger partial charge in [0.2, 0.25) is 0 Å². The van der Waals surface area contributed by atoms with Gasteiger partial charge in [-0.1, -0.05) is 36.4 Å². The molecule has 4 aromatic rings. The molecule has 2 aromatic carbocycles. The third-order valence-electron chi connectivity index (χ3n) is 7.02. The van der Waals surface area contributed by atoms with Gasteiger partial charge in [-0.15, -0.1) is 0 Å². The summed E-state index contributed by atoms with van der Waals surface area (Å²) < 4.78 is 34.5. The number of amides is 1. The highest BCUT2D eigenvalue weighted by Gasteiger charge is 2.29. The van der Waals surface area contributed by atoms with Crippen LogP contribution in [0.2, 0.25) is 0 Å². The highest BCUT2D eigenvalue weighted by atomic mass is 19.1. The van der Waals surface area contributed by atoms with Gasteiger partial charge in [0, 0.05) is 35.5 Å². The van der Waals surface area contributed by atoms with Crippen LogP contribution < -0.4 is 5.32 Å². The number of pyridine rings is 1. The Balaban J connectivity index is 1.90. The molecular formula is C34H35F2N3O5. The van der Waals surface area contributed by atoms with Gasteiger partial charge in [0.25, 0.3) is 5.91 Å². The van der Waals surface area contributed by atoms with E-state index >= 15 is 0 Å². The number of aliphatic hydroxyl groups is 2. The van der Waals surface area contributed by atoms with E-state index in [1.165, 1.54) is 37.5 Å². The minimum Gasteiger partial charge on any atom is -0.469 e. The number of ether oxygens (including phenoxy) is 1. The Morgan fingerprint density at radius 3 is 2.11 bits per heavy atom. The molecule has 0 saturated carbocycles. The molecule has 4 rings (SSSR count). The van der Waals surface area contributed by atoms with Crippen molar-refractivity contribution in [1.29, 1.82) is 0 Å². The molecule has 44 heavy (non-hydrogen) atoms. The molecule has 0 radical (unpaired) electrons. The average Bonchev–Trinajstić information content (AvgIpc) is 3.35. The van der Waals surface area contributed by atoms with Crippen molar-refractivity contribution in [3.05, 3.63) is 108 Å². The van der Waals surface area contributed by atoms with E-state index in [0.29, 0.717) is 33.6 Å². The molecule has 3 N–H and O–H groups in total. The van der Waals surface area contributed by atoms with Crippen LogP contribution in [0.4, 0.5) is 8.78 Å². The fourth-order valence-corrected chi connectivity index (χ4v) is 5.01. The van der Waals surface area contributed by atoms with Crippen molar-refractivity contribution in [2.24, 2.45) is 0 Å². The topological polar surface area (TPSA) is 114 Å². The lowest BCUT2D eigenvalue weighted by Crippen LogP contribution is -2.27. The summed E-state index contributed by atoms with van der Waals surface area (Å²) in [4.78, 5) is 29.9. The lowest BCUT2D eigenvalue weighted by Gasteiger charge is -2.17. The molecule has 8 nitrogen and oxygen atoms in total. The highest BCUT2D eigenvalue weighted by molar-refractivity contribution is 6.06. The van der Waals surface area contributed by atoms with Gasteiger partial charge in [0.15, 0.2) is 0 Å². The molecule has 0 bridgehead atoms. The zero-order valence-electron chi connectivity index (χ0n) is 24.7. The zero-order chi connectivity index (χ0) is 31.8. The normalized spacial score (nSPS) is 12.8. The van der Waals surface area contributed by atoms with Gasteiger partial charge >= 0.3 is 5.97 Å². The van der Waals surface area contributed by atoms with Crippen molar-refractivity contribution in [1.82, 2.24) is 14.9 Å². The number of hydrogen-bond donors (Lipinski definition) is 3. The minimum absolute atomic E-state index is 0.137. The lowest BCUT2D eigenvalue weighted by molar-refractivity contribution is -0.143. The molecule has 2 atom stereocenters. The second-order valence-corrected chi connectivity index (χ2v) is 10.6. The number of benzene rings is 2. The largest absolute Gasteiger partial charge is 0.469 e. The van der Waals surface area contributed by atoms with Crippen LogP contribution in [0.15, 0.2) is 79.0 Å². The minimum atomic E-state index is -1.15. The molecule has 0 saturated heterocycles. The molecule has 0 aliphatic carbocycles. The number of carbonyl (C=O) groups excluding carboxylic acids is 2. The van der Waals surface area contributed by atoms with Crippen LogP contribution >= 0.6 is 0 Å². The van der Waals surface area contributed by atoms with Gasteiger partial charge in [0.1, 0.15) is 17.3 Å². The maximum absolute atomic E-state index is 14.0. The quantitative estimate of drug-likeness (QED) is 0.179. The van der Waals surface area contributed by atoms with Gasteiger partial charge < -0.3 is 24.8 Å². The first-order valence-corrected chi connectivity index (χ1v) is 14.2. The summed E-state index contributed by atoms with van der Waals surface area (Å²) in [5, 5.41) is 23.9. The summed E-state index contributed by atoms with van der Waals surface area (Å²) in [5.74, 6) is -1.91. The third kappa shape index (κ3) is 7.83. The summed E-state index contributed by atoms with van der Waals surface area (Å²) in [6, 6.07) is 16.6. The van der Waals surface area contributed by atoms with Crippen LogP contribution in [0.5, 0.6) is 0 Å². The first-order valence-electron chi connectivity index (χ1n) is 14.2. The van der Waals surface area contributed by atoms with E-state index in [-0.39, 0.29) is 31.1 Å². The number of halogens is 2. The molecule has 2 unspecified atom stereocenters. The van der Waals surface area contributed by atoms with Crippen molar-refractivity contribution in [3.63, 3.8) is 0 Å². The predicted octanol–water partition coefficient (Wildman–Crippen LogP) is 5.69. The molecule has 1 amide bonds. The second-order valence-electron chi connectivity index (χ2n) is 10.6. The Hall–Kier alpha value is -4.67. The molecule has 10 heteroatoms. The molecule has 2 heterocycles. The average molecular weight is 604 g/mol. The number of aromatic nitrogens is 2. The summed E-state index contributed by atoms with van der Waals surface area (Å²) in [5.41, 5.74) is 3.65.